The number of benzene rings is 2. The van der Waals surface area contributed by atoms with E-state index in [1.54, 1.807) is 12.1 Å². The van der Waals surface area contributed by atoms with Crippen molar-refractivity contribution in [2.24, 2.45) is 0 Å². The summed E-state index contributed by atoms with van der Waals surface area (Å²) in [5.41, 5.74) is 1.88. The SMILES string of the molecule is CC.Cc1cc2c(cc1F)C(NCCCCC(=O)O)c1ccccc1N(C)S2(=O)=O. The lowest BCUT2D eigenvalue weighted by Gasteiger charge is -2.22. The first-order valence-electron chi connectivity index (χ1n) is 10.1. The molecule has 1 aliphatic rings. The fourth-order valence-electron chi connectivity index (χ4n) is 3.45. The predicted molar refractivity (Wildman–Crippen MR) is 116 cm³/mol. The molecule has 3 rings (SSSR count). The lowest BCUT2D eigenvalue weighted by molar-refractivity contribution is -0.137. The van der Waals surface area contributed by atoms with Crippen molar-refractivity contribution in [3.05, 3.63) is 58.9 Å². The molecule has 0 fully saturated rings. The molecule has 1 unspecified atom stereocenters. The van der Waals surface area contributed by atoms with Crippen LogP contribution in [0.4, 0.5) is 10.1 Å². The molecule has 2 aromatic carbocycles. The van der Waals surface area contributed by atoms with Crippen LogP contribution in [0.2, 0.25) is 0 Å². The second kappa shape index (κ2) is 10.0. The minimum atomic E-state index is -3.84. The third-order valence-electron chi connectivity index (χ3n) is 4.99. The summed E-state index contributed by atoms with van der Waals surface area (Å²) in [6, 6.07) is 9.26. The molecule has 2 aromatic rings. The molecule has 0 spiro atoms. The molecule has 2 N–H and O–H groups in total. The van der Waals surface area contributed by atoms with Crippen molar-refractivity contribution in [2.45, 2.75) is 51.0 Å². The molecule has 0 aliphatic carbocycles. The second-order valence-electron chi connectivity index (χ2n) is 6.91. The molecular formula is C22H29FN2O4S. The molecule has 1 atom stereocenters. The van der Waals surface area contributed by atoms with E-state index in [0.717, 1.165) is 5.56 Å². The number of halogens is 1. The van der Waals surface area contributed by atoms with E-state index in [4.69, 9.17) is 5.11 Å². The number of rotatable bonds is 6. The van der Waals surface area contributed by atoms with Gasteiger partial charge in [0.15, 0.2) is 0 Å². The molecule has 30 heavy (non-hydrogen) atoms. The molecule has 8 heteroatoms. The quantitative estimate of drug-likeness (QED) is 0.662. The monoisotopic (exact) mass is 436 g/mol. The fourth-order valence-corrected chi connectivity index (χ4v) is 4.97. The Hall–Kier alpha value is -2.45. The van der Waals surface area contributed by atoms with Crippen LogP contribution in [0.5, 0.6) is 0 Å². The summed E-state index contributed by atoms with van der Waals surface area (Å²) in [7, 11) is -2.35. The second-order valence-corrected chi connectivity index (χ2v) is 8.85. The highest BCUT2D eigenvalue weighted by molar-refractivity contribution is 7.92. The van der Waals surface area contributed by atoms with Gasteiger partial charge in [-0.2, -0.15) is 0 Å². The van der Waals surface area contributed by atoms with Gasteiger partial charge in [-0.25, -0.2) is 12.8 Å². The molecule has 1 aliphatic heterocycles. The highest BCUT2D eigenvalue weighted by Gasteiger charge is 2.35. The summed E-state index contributed by atoms with van der Waals surface area (Å²) in [5.74, 6) is -1.32. The first-order chi connectivity index (χ1) is 14.2. The zero-order chi connectivity index (χ0) is 22.5. The van der Waals surface area contributed by atoms with Crippen LogP contribution in [0.3, 0.4) is 0 Å². The van der Waals surface area contributed by atoms with Crippen LogP contribution < -0.4 is 9.62 Å². The zero-order valence-corrected chi connectivity index (χ0v) is 18.6. The Kier molecular flexibility index (Phi) is 7.97. The number of para-hydroxylation sites is 1. The number of unbranched alkanes of at least 4 members (excludes halogenated alkanes) is 1. The Morgan fingerprint density at radius 2 is 1.83 bits per heavy atom. The average Bonchev–Trinajstić information content (AvgIpc) is 2.78. The summed E-state index contributed by atoms with van der Waals surface area (Å²) in [6.07, 6.45) is 1.19. The van der Waals surface area contributed by atoms with Crippen LogP contribution in [0, 0.1) is 12.7 Å². The zero-order valence-electron chi connectivity index (χ0n) is 17.8. The van der Waals surface area contributed by atoms with Gasteiger partial charge in [0.05, 0.1) is 16.6 Å². The number of carboxylic acid groups (broad SMARTS) is 1. The number of carbonyl (C=O) groups is 1. The van der Waals surface area contributed by atoms with Crippen LogP contribution >= 0.6 is 0 Å². The maximum Gasteiger partial charge on any atom is 0.303 e. The first-order valence-corrected chi connectivity index (χ1v) is 11.5. The number of fused-ring (bicyclic) bond motifs is 2. The smallest absolute Gasteiger partial charge is 0.303 e. The van der Waals surface area contributed by atoms with Gasteiger partial charge in [0.2, 0.25) is 0 Å². The van der Waals surface area contributed by atoms with E-state index < -0.39 is 27.9 Å². The van der Waals surface area contributed by atoms with E-state index in [0.29, 0.717) is 30.6 Å². The number of hydrogen-bond donors (Lipinski definition) is 2. The van der Waals surface area contributed by atoms with Gasteiger partial charge in [0, 0.05) is 13.5 Å². The van der Waals surface area contributed by atoms with E-state index in [1.165, 1.54) is 30.4 Å². The number of sulfonamides is 1. The number of aliphatic carboxylic acids is 1. The molecule has 0 radical (unpaired) electrons. The maximum atomic E-state index is 14.4. The molecule has 0 saturated carbocycles. The lowest BCUT2D eigenvalue weighted by Crippen LogP contribution is -2.26. The van der Waals surface area contributed by atoms with Crippen LogP contribution in [-0.4, -0.2) is 33.1 Å². The molecule has 164 valence electrons. The normalized spacial score (nSPS) is 16.6. The minimum Gasteiger partial charge on any atom is -0.481 e. The van der Waals surface area contributed by atoms with Crippen LogP contribution in [0.15, 0.2) is 41.3 Å². The predicted octanol–water partition coefficient (Wildman–Crippen LogP) is 4.23. The van der Waals surface area contributed by atoms with Gasteiger partial charge in [-0.1, -0.05) is 32.0 Å². The topological polar surface area (TPSA) is 86.7 Å². The Bertz CT molecular complexity index is 1010. The van der Waals surface area contributed by atoms with Gasteiger partial charge in [-0.3, -0.25) is 9.10 Å². The molecule has 1 heterocycles. The summed E-state index contributed by atoms with van der Waals surface area (Å²) in [5, 5.41) is 12.1. The van der Waals surface area contributed by atoms with Crippen molar-refractivity contribution in [3.8, 4) is 0 Å². The van der Waals surface area contributed by atoms with E-state index in [1.807, 2.05) is 26.0 Å². The van der Waals surface area contributed by atoms with Gasteiger partial charge >= 0.3 is 5.97 Å². The fraction of sp³-hybridized carbons (Fsp3) is 0.409. The van der Waals surface area contributed by atoms with Gasteiger partial charge in [0.25, 0.3) is 10.0 Å². The van der Waals surface area contributed by atoms with E-state index >= 15 is 0 Å². The van der Waals surface area contributed by atoms with Crippen LogP contribution in [0.25, 0.3) is 0 Å². The Labute approximate surface area is 177 Å². The number of anilines is 1. The largest absolute Gasteiger partial charge is 0.481 e. The number of carboxylic acids is 1. The summed E-state index contributed by atoms with van der Waals surface area (Å²) in [4.78, 5) is 10.8. The Morgan fingerprint density at radius 3 is 2.50 bits per heavy atom. The molecular weight excluding hydrogens is 407 g/mol. The molecule has 0 bridgehead atoms. The van der Waals surface area contributed by atoms with Crippen LogP contribution in [0.1, 0.15) is 55.8 Å². The van der Waals surface area contributed by atoms with Crippen molar-refractivity contribution in [2.75, 3.05) is 17.9 Å². The maximum absolute atomic E-state index is 14.4. The van der Waals surface area contributed by atoms with Gasteiger partial charge in [-0.15, -0.1) is 0 Å². The van der Waals surface area contributed by atoms with Crippen LogP contribution in [-0.2, 0) is 14.8 Å². The molecule has 0 saturated heterocycles. The van der Waals surface area contributed by atoms with Crippen molar-refractivity contribution in [3.63, 3.8) is 0 Å². The van der Waals surface area contributed by atoms with E-state index in [2.05, 4.69) is 5.32 Å². The number of hydrogen-bond acceptors (Lipinski definition) is 4. The summed E-state index contributed by atoms with van der Waals surface area (Å²) < 4.78 is 41.9. The van der Waals surface area contributed by atoms with E-state index in [9.17, 15) is 17.6 Å². The lowest BCUT2D eigenvalue weighted by atomic mass is 9.95. The van der Waals surface area contributed by atoms with Crippen molar-refractivity contribution in [1.82, 2.24) is 5.32 Å². The summed E-state index contributed by atoms with van der Waals surface area (Å²) in [6.45, 7) is 6.02. The van der Waals surface area contributed by atoms with Crippen molar-refractivity contribution < 1.29 is 22.7 Å². The number of aryl methyl sites for hydroxylation is 1. The van der Waals surface area contributed by atoms with Gasteiger partial charge in [0.1, 0.15) is 5.82 Å². The number of nitrogens with one attached hydrogen (secondary N) is 1. The van der Waals surface area contributed by atoms with Gasteiger partial charge < -0.3 is 10.4 Å². The Balaban J connectivity index is 0.00000155. The third-order valence-corrected chi connectivity index (χ3v) is 6.82. The number of nitrogens with zero attached hydrogens (tertiary/aromatic N) is 1. The third kappa shape index (κ3) is 4.82. The molecule has 0 amide bonds. The average molecular weight is 437 g/mol. The minimum absolute atomic E-state index is 0.0739. The highest BCUT2D eigenvalue weighted by Crippen LogP contribution is 2.40. The van der Waals surface area contributed by atoms with E-state index in [-0.39, 0.29) is 16.9 Å². The first kappa shape index (κ1) is 23.8. The van der Waals surface area contributed by atoms with Gasteiger partial charge in [-0.05, 0) is 61.2 Å². The summed E-state index contributed by atoms with van der Waals surface area (Å²) >= 11 is 0. The van der Waals surface area contributed by atoms with Crippen molar-refractivity contribution >= 4 is 21.7 Å². The highest BCUT2D eigenvalue weighted by atomic mass is 32.2. The standard InChI is InChI=1S/C20H23FN2O4S.C2H6/c1-13-11-18-15(12-16(13)21)20(22-10-6-5-9-19(24)25)14-7-3-4-8-17(14)23(2)28(18,26)27;1-2/h3-4,7-8,11-12,20,22H,5-6,9-10H2,1-2H3,(H,24,25);1-2H3. The van der Waals surface area contributed by atoms with Crippen molar-refractivity contribution in [1.29, 1.82) is 0 Å². The Morgan fingerprint density at radius 1 is 1.17 bits per heavy atom. The molecule has 6 nitrogen and oxygen atoms in total. The molecule has 0 aromatic heterocycles.